The number of hydrogen-bond donors (Lipinski definition) is 2. The molecule has 0 fully saturated rings. The van der Waals surface area contributed by atoms with Crippen LogP contribution in [0.25, 0.3) is 0 Å². The minimum absolute atomic E-state index is 0.0480. The number of amides is 1. The molecule has 0 saturated carbocycles. The minimum atomic E-state index is -0.337. The van der Waals surface area contributed by atoms with Gasteiger partial charge in [0.2, 0.25) is 0 Å². The molecule has 0 aliphatic carbocycles. The Bertz CT molecular complexity index is 500. The molecule has 0 unspecified atom stereocenters. The topological polar surface area (TPSA) is 75.1 Å². The Hall–Kier alpha value is -2.43. The number of nitrogens with one attached hydrogen (secondary N) is 1. The van der Waals surface area contributed by atoms with E-state index in [9.17, 15) is 9.90 Å². The third-order valence-corrected chi connectivity index (χ3v) is 1.92. The van der Waals surface area contributed by atoms with Crippen molar-refractivity contribution in [2.24, 2.45) is 0 Å². The van der Waals surface area contributed by atoms with Crippen molar-refractivity contribution in [1.82, 2.24) is 10.2 Å². The van der Waals surface area contributed by atoms with Gasteiger partial charge in [0.05, 0.1) is 0 Å². The van der Waals surface area contributed by atoms with Gasteiger partial charge in [-0.05, 0) is 30.3 Å². The van der Waals surface area contributed by atoms with Crippen LogP contribution in [0.5, 0.6) is 5.75 Å². The van der Waals surface area contributed by atoms with Crippen molar-refractivity contribution in [1.29, 1.82) is 0 Å². The van der Waals surface area contributed by atoms with Gasteiger partial charge in [-0.15, -0.1) is 5.10 Å². The Labute approximate surface area is 91.8 Å². The van der Waals surface area contributed by atoms with Crippen LogP contribution in [0.4, 0.5) is 5.82 Å². The number of carbonyl (C=O) groups is 1. The van der Waals surface area contributed by atoms with Crippen molar-refractivity contribution in [3.8, 4) is 5.75 Å². The van der Waals surface area contributed by atoms with Crippen LogP contribution in [-0.2, 0) is 0 Å². The fraction of sp³-hybridized carbons (Fsp3) is 0. The summed E-state index contributed by atoms with van der Waals surface area (Å²) in [6.07, 6.45) is 1.52. The third-order valence-electron chi connectivity index (χ3n) is 1.92. The van der Waals surface area contributed by atoms with Crippen LogP contribution < -0.4 is 5.32 Å². The van der Waals surface area contributed by atoms with Crippen LogP contribution >= 0.6 is 0 Å². The van der Waals surface area contributed by atoms with E-state index in [0.29, 0.717) is 11.4 Å². The molecule has 0 radical (unpaired) electrons. The highest BCUT2D eigenvalue weighted by atomic mass is 16.3. The Balaban J connectivity index is 2.15. The number of aromatic nitrogens is 2. The first-order valence-corrected chi connectivity index (χ1v) is 4.64. The van der Waals surface area contributed by atoms with Gasteiger partial charge < -0.3 is 10.4 Å². The van der Waals surface area contributed by atoms with Crippen molar-refractivity contribution >= 4 is 11.7 Å². The van der Waals surface area contributed by atoms with Gasteiger partial charge in [-0.3, -0.25) is 4.79 Å². The summed E-state index contributed by atoms with van der Waals surface area (Å²) in [6, 6.07) is 9.38. The van der Waals surface area contributed by atoms with E-state index in [1.807, 2.05) is 0 Å². The van der Waals surface area contributed by atoms with E-state index in [1.54, 1.807) is 24.3 Å². The maximum absolute atomic E-state index is 11.7. The number of aromatic hydroxyl groups is 1. The quantitative estimate of drug-likeness (QED) is 0.794. The Kier molecular flexibility index (Phi) is 2.77. The van der Waals surface area contributed by atoms with Crippen LogP contribution in [0, 0.1) is 0 Å². The van der Waals surface area contributed by atoms with Crippen molar-refractivity contribution in [2.75, 3.05) is 5.32 Å². The number of benzene rings is 1. The maximum Gasteiger partial charge on any atom is 0.256 e. The molecule has 0 atom stereocenters. The van der Waals surface area contributed by atoms with Crippen molar-refractivity contribution in [3.63, 3.8) is 0 Å². The molecule has 2 N–H and O–H groups in total. The van der Waals surface area contributed by atoms with Gasteiger partial charge in [-0.25, -0.2) is 0 Å². The molecular weight excluding hydrogens is 206 g/mol. The molecular formula is C11H9N3O2. The van der Waals surface area contributed by atoms with Crippen molar-refractivity contribution in [3.05, 3.63) is 48.2 Å². The molecule has 0 aliphatic heterocycles. The van der Waals surface area contributed by atoms with Gasteiger partial charge >= 0.3 is 0 Å². The van der Waals surface area contributed by atoms with Crippen LogP contribution in [0.2, 0.25) is 0 Å². The van der Waals surface area contributed by atoms with Crippen LogP contribution in [-0.4, -0.2) is 21.2 Å². The zero-order valence-electron chi connectivity index (χ0n) is 8.29. The van der Waals surface area contributed by atoms with E-state index in [-0.39, 0.29) is 11.7 Å². The van der Waals surface area contributed by atoms with Crippen LogP contribution in [0.3, 0.4) is 0 Å². The smallest absolute Gasteiger partial charge is 0.256 e. The van der Waals surface area contributed by atoms with Gasteiger partial charge in [0, 0.05) is 11.8 Å². The first-order valence-electron chi connectivity index (χ1n) is 4.64. The fourth-order valence-corrected chi connectivity index (χ4v) is 1.20. The Morgan fingerprint density at radius 2 is 2.12 bits per heavy atom. The number of nitrogens with zero attached hydrogens (tertiary/aromatic N) is 2. The second-order valence-corrected chi connectivity index (χ2v) is 3.11. The lowest BCUT2D eigenvalue weighted by atomic mass is 10.2. The molecule has 0 saturated heterocycles. The van der Waals surface area contributed by atoms with E-state index < -0.39 is 0 Å². The third kappa shape index (κ3) is 2.33. The zero-order valence-corrected chi connectivity index (χ0v) is 8.29. The summed E-state index contributed by atoms with van der Waals surface area (Å²) in [7, 11) is 0. The molecule has 1 heterocycles. The average molecular weight is 215 g/mol. The Morgan fingerprint density at radius 3 is 2.81 bits per heavy atom. The average Bonchev–Trinajstić information content (AvgIpc) is 2.30. The summed E-state index contributed by atoms with van der Waals surface area (Å²) < 4.78 is 0. The highest BCUT2D eigenvalue weighted by molar-refractivity contribution is 6.03. The first-order chi connectivity index (χ1) is 7.75. The molecule has 2 rings (SSSR count). The lowest BCUT2D eigenvalue weighted by Gasteiger charge is -2.03. The van der Waals surface area contributed by atoms with Gasteiger partial charge in [0.1, 0.15) is 5.75 Å². The summed E-state index contributed by atoms with van der Waals surface area (Å²) in [5, 5.41) is 19.1. The number of hydrogen-bond acceptors (Lipinski definition) is 4. The normalized spacial score (nSPS) is 9.75. The maximum atomic E-state index is 11.7. The van der Waals surface area contributed by atoms with Gasteiger partial charge in [0.15, 0.2) is 5.82 Å². The standard InChI is InChI=1S/C11H9N3O2/c15-9-4-1-3-8(7-9)11(16)13-10-5-2-6-12-14-10/h1-7,15H,(H,13,14,16). The monoisotopic (exact) mass is 215 g/mol. The summed E-state index contributed by atoms with van der Waals surface area (Å²) >= 11 is 0. The number of carbonyl (C=O) groups excluding carboxylic acids is 1. The van der Waals surface area contributed by atoms with Crippen molar-refractivity contribution < 1.29 is 9.90 Å². The lowest BCUT2D eigenvalue weighted by molar-refractivity contribution is 0.102. The summed E-state index contributed by atoms with van der Waals surface area (Å²) in [4.78, 5) is 11.7. The highest BCUT2D eigenvalue weighted by Gasteiger charge is 2.06. The molecule has 0 bridgehead atoms. The van der Waals surface area contributed by atoms with E-state index in [4.69, 9.17) is 0 Å². The SMILES string of the molecule is O=C(Nc1cccnn1)c1cccc(O)c1. The molecule has 5 nitrogen and oxygen atoms in total. The van der Waals surface area contributed by atoms with E-state index in [1.165, 1.54) is 18.3 Å². The lowest BCUT2D eigenvalue weighted by Crippen LogP contribution is -2.12. The summed E-state index contributed by atoms with van der Waals surface area (Å²) in [6.45, 7) is 0. The molecule has 16 heavy (non-hydrogen) atoms. The van der Waals surface area contributed by atoms with Crippen LogP contribution in [0.1, 0.15) is 10.4 Å². The fourth-order valence-electron chi connectivity index (χ4n) is 1.20. The second-order valence-electron chi connectivity index (χ2n) is 3.11. The number of rotatable bonds is 2. The zero-order chi connectivity index (χ0) is 11.4. The van der Waals surface area contributed by atoms with Crippen molar-refractivity contribution in [2.45, 2.75) is 0 Å². The summed E-state index contributed by atoms with van der Waals surface area (Å²) in [5.41, 5.74) is 0.366. The second kappa shape index (κ2) is 4.39. The predicted molar refractivity (Wildman–Crippen MR) is 58.1 cm³/mol. The Morgan fingerprint density at radius 1 is 1.25 bits per heavy atom. The summed E-state index contributed by atoms with van der Waals surface area (Å²) in [5.74, 6) is 0.0824. The first kappa shape index (κ1) is 10.1. The number of phenolic OH excluding ortho intramolecular Hbond substituents is 1. The van der Waals surface area contributed by atoms with E-state index in [0.717, 1.165) is 0 Å². The molecule has 1 aromatic heterocycles. The van der Waals surface area contributed by atoms with Gasteiger partial charge in [-0.2, -0.15) is 5.10 Å². The molecule has 0 aliphatic rings. The minimum Gasteiger partial charge on any atom is -0.508 e. The molecule has 80 valence electrons. The molecule has 5 heteroatoms. The highest BCUT2D eigenvalue weighted by Crippen LogP contribution is 2.12. The van der Waals surface area contributed by atoms with E-state index >= 15 is 0 Å². The molecule has 2 aromatic rings. The number of phenols is 1. The molecule has 1 aromatic carbocycles. The molecule has 0 spiro atoms. The largest absolute Gasteiger partial charge is 0.508 e. The van der Waals surface area contributed by atoms with Gasteiger partial charge in [0.25, 0.3) is 5.91 Å². The number of anilines is 1. The van der Waals surface area contributed by atoms with Gasteiger partial charge in [-0.1, -0.05) is 6.07 Å². The molecule has 1 amide bonds. The van der Waals surface area contributed by atoms with E-state index in [2.05, 4.69) is 15.5 Å². The van der Waals surface area contributed by atoms with Crippen LogP contribution in [0.15, 0.2) is 42.6 Å². The predicted octanol–water partition coefficient (Wildman–Crippen LogP) is 1.43.